The summed E-state index contributed by atoms with van der Waals surface area (Å²) in [5.41, 5.74) is 6.44. The van der Waals surface area contributed by atoms with Crippen LogP contribution in [0.1, 0.15) is 5.82 Å². The van der Waals surface area contributed by atoms with Crippen LogP contribution in [0.2, 0.25) is 0 Å². The Morgan fingerprint density at radius 1 is 1.21 bits per heavy atom. The van der Waals surface area contributed by atoms with E-state index in [4.69, 9.17) is 15.2 Å². The van der Waals surface area contributed by atoms with Crippen LogP contribution >= 0.6 is 0 Å². The number of nitrogens with two attached hydrogens (primary N) is 1. The number of nitrogen functional groups attached to an aromatic ring is 1. The molecule has 0 saturated heterocycles. The standard InChI is InChI=1S/C13H16N4O2/c1-18-9-3-4-10(11(7-9)19-2)16-8-13-15-6-5-12(14)17-13/h3-7,16H,8H2,1-2H3,(H2,14,15,17). The van der Waals surface area contributed by atoms with E-state index in [1.807, 2.05) is 18.2 Å². The third kappa shape index (κ3) is 3.25. The van der Waals surface area contributed by atoms with Gasteiger partial charge in [-0.15, -0.1) is 0 Å². The van der Waals surface area contributed by atoms with Crippen LogP contribution in [0.25, 0.3) is 0 Å². The van der Waals surface area contributed by atoms with Gasteiger partial charge in [-0.2, -0.15) is 0 Å². The minimum Gasteiger partial charge on any atom is -0.497 e. The first-order valence-electron chi connectivity index (χ1n) is 5.76. The first-order valence-corrected chi connectivity index (χ1v) is 5.76. The topological polar surface area (TPSA) is 82.3 Å². The van der Waals surface area contributed by atoms with Gasteiger partial charge < -0.3 is 20.5 Å². The molecule has 1 aromatic carbocycles. The maximum atomic E-state index is 5.60. The van der Waals surface area contributed by atoms with Crippen LogP contribution in [0.5, 0.6) is 11.5 Å². The van der Waals surface area contributed by atoms with Crippen molar-refractivity contribution in [1.82, 2.24) is 9.97 Å². The van der Waals surface area contributed by atoms with Crippen LogP contribution in [0.15, 0.2) is 30.5 Å². The second-order valence-electron chi connectivity index (χ2n) is 3.82. The number of rotatable bonds is 5. The molecule has 0 aliphatic heterocycles. The number of anilines is 2. The number of aromatic nitrogens is 2. The molecule has 19 heavy (non-hydrogen) atoms. The molecule has 0 aliphatic rings. The quantitative estimate of drug-likeness (QED) is 0.851. The Labute approximate surface area is 111 Å². The van der Waals surface area contributed by atoms with Gasteiger partial charge in [-0.05, 0) is 18.2 Å². The number of nitrogens with one attached hydrogen (secondary N) is 1. The molecule has 100 valence electrons. The summed E-state index contributed by atoms with van der Waals surface area (Å²) < 4.78 is 10.4. The van der Waals surface area contributed by atoms with Gasteiger partial charge in [0.1, 0.15) is 23.1 Å². The molecule has 0 spiro atoms. The fraction of sp³-hybridized carbons (Fsp3) is 0.231. The van der Waals surface area contributed by atoms with E-state index in [-0.39, 0.29) is 0 Å². The van der Waals surface area contributed by atoms with Gasteiger partial charge in [0, 0.05) is 12.3 Å². The van der Waals surface area contributed by atoms with Crippen LogP contribution in [0, 0.1) is 0 Å². The molecule has 0 saturated carbocycles. The molecule has 1 aromatic heterocycles. The fourth-order valence-electron chi connectivity index (χ4n) is 1.62. The van der Waals surface area contributed by atoms with E-state index >= 15 is 0 Å². The molecule has 6 nitrogen and oxygen atoms in total. The number of nitrogens with zero attached hydrogens (tertiary/aromatic N) is 2. The van der Waals surface area contributed by atoms with Gasteiger partial charge >= 0.3 is 0 Å². The van der Waals surface area contributed by atoms with Crippen LogP contribution in [-0.4, -0.2) is 24.2 Å². The Hall–Kier alpha value is -2.50. The molecule has 2 rings (SSSR count). The highest BCUT2D eigenvalue weighted by Crippen LogP contribution is 2.29. The van der Waals surface area contributed by atoms with E-state index in [9.17, 15) is 0 Å². The van der Waals surface area contributed by atoms with E-state index in [1.165, 1.54) is 0 Å². The summed E-state index contributed by atoms with van der Waals surface area (Å²) in [4.78, 5) is 8.24. The second-order valence-corrected chi connectivity index (χ2v) is 3.82. The van der Waals surface area contributed by atoms with Gasteiger partial charge in [0.05, 0.1) is 26.5 Å². The molecule has 0 aliphatic carbocycles. The van der Waals surface area contributed by atoms with Crippen molar-refractivity contribution in [3.05, 3.63) is 36.3 Å². The monoisotopic (exact) mass is 260 g/mol. The zero-order valence-corrected chi connectivity index (χ0v) is 10.9. The van der Waals surface area contributed by atoms with Crippen molar-refractivity contribution in [3.8, 4) is 11.5 Å². The lowest BCUT2D eigenvalue weighted by Gasteiger charge is -2.12. The van der Waals surface area contributed by atoms with Crippen molar-refractivity contribution in [2.75, 3.05) is 25.3 Å². The number of hydrogen-bond acceptors (Lipinski definition) is 6. The fourth-order valence-corrected chi connectivity index (χ4v) is 1.62. The Morgan fingerprint density at radius 3 is 2.74 bits per heavy atom. The van der Waals surface area contributed by atoms with Crippen LogP contribution in [0.3, 0.4) is 0 Å². The average molecular weight is 260 g/mol. The van der Waals surface area contributed by atoms with E-state index < -0.39 is 0 Å². The minimum absolute atomic E-state index is 0.452. The number of benzene rings is 1. The van der Waals surface area contributed by atoms with Gasteiger partial charge in [-0.1, -0.05) is 0 Å². The molecular weight excluding hydrogens is 244 g/mol. The minimum atomic E-state index is 0.452. The Balaban J connectivity index is 2.11. The molecule has 0 amide bonds. The van der Waals surface area contributed by atoms with Gasteiger partial charge in [0.2, 0.25) is 0 Å². The zero-order valence-electron chi connectivity index (χ0n) is 10.9. The lowest BCUT2D eigenvalue weighted by molar-refractivity contribution is 0.395. The predicted molar refractivity (Wildman–Crippen MR) is 73.3 cm³/mol. The van der Waals surface area contributed by atoms with Crippen molar-refractivity contribution in [1.29, 1.82) is 0 Å². The first kappa shape index (κ1) is 12.9. The molecule has 1 heterocycles. The summed E-state index contributed by atoms with van der Waals surface area (Å²) >= 11 is 0. The number of hydrogen-bond donors (Lipinski definition) is 2. The smallest absolute Gasteiger partial charge is 0.149 e. The molecule has 0 radical (unpaired) electrons. The number of methoxy groups -OCH3 is 2. The summed E-state index contributed by atoms with van der Waals surface area (Å²) in [6, 6.07) is 7.19. The van der Waals surface area contributed by atoms with E-state index in [2.05, 4.69) is 15.3 Å². The highest BCUT2D eigenvalue weighted by molar-refractivity contribution is 5.59. The lowest BCUT2D eigenvalue weighted by atomic mass is 10.2. The summed E-state index contributed by atoms with van der Waals surface area (Å²) in [5, 5.41) is 3.20. The third-order valence-corrected chi connectivity index (χ3v) is 2.57. The van der Waals surface area contributed by atoms with Crippen LogP contribution in [-0.2, 0) is 6.54 Å². The van der Waals surface area contributed by atoms with Gasteiger partial charge in [-0.3, -0.25) is 0 Å². The maximum absolute atomic E-state index is 5.60. The predicted octanol–water partition coefficient (Wildman–Crippen LogP) is 1.69. The largest absolute Gasteiger partial charge is 0.497 e. The van der Waals surface area contributed by atoms with E-state index in [0.717, 1.165) is 11.4 Å². The van der Waals surface area contributed by atoms with Crippen molar-refractivity contribution in [3.63, 3.8) is 0 Å². The summed E-state index contributed by atoms with van der Waals surface area (Å²) in [5.74, 6) is 2.51. The zero-order chi connectivity index (χ0) is 13.7. The second kappa shape index (κ2) is 5.90. The van der Waals surface area contributed by atoms with Crippen molar-refractivity contribution in [2.45, 2.75) is 6.54 Å². The number of ether oxygens (including phenoxy) is 2. The molecule has 0 unspecified atom stereocenters. The normalized spacial score (nSPS) is 10.0. The highest BCUT2D eigenvalue weighted by atomic mass is 16.5. The summed E-state index contributed by atoms with van der Waals surface area (Å²) in [6.07, 6.45) is 1.63. The van der Waals surface area contributed by atoms with Crippen molar-refractivity contribution >= 4 is 11.5 Å². The summed E-state index contributed by atoms with van der Waals surface area (Å²) in [7, 11) is 3.22. The first-order chi connectivity index (χ1) is 9.22. The molecule has 6 heteroatoms. The molecular formula is C13H16N4O2. The van der Waals surface area contributed by atoms with Gasteiger partial charge in [-0.25, -0.2) is 9.97 Å². The molecule has 0 fully saturated rings. The average Bonchev–Trinajstić information content (AvgIpc) is 2.45. The van der Waals surface area contributed by atoms with Gasteiger partial charge in [0.25, 0.3) is 0 Å². The van der Waals surface area contributed by atoms with Crippen LogP contribution in [0.4, 0.5) is 11.5 Å². The molecule has 0 atom stereocenters. The van der Waals surface area contributed by atoms with E-state index in [0.29, 0.717) is 23.9 Å². The van der Waals surface area contributed by atoms with Crippen molar-refractivity contribution < 1.29 is 9.47 Å². The molecule has 0 bridgehead atoms. The summed E-state index contributed by atoms with van der Waals surface area (Å²) in [6.45, 7) is 0.466. The van der Waals surface area contributed by atoms with Crippen LogP contribution < -0.4 is 20.5 Å². The maximum Gasteiger partial charge on any atom is 0.149 e. The molecule has 2 aromatic rings. The highest BCUT2D eigenvalue weighted by Gasteiger charge is 2.05. The third-order valence-electron chi connectivity index (χ3n) is 2.57. The SMILES string of the molecule is COc1ccc(NCc2nccc(N)n2)c(OC)c1. The Morgan fingerprint density at radius 2 is 2.05 bits per heavy atom. The molecule has 3 N–H and O–H groups in total. The Kier molecular flexibility index (Phi) is 4.02. The Bertz CT molecular complexity index is 560. The van der Waals surface area contributed by atoms with E-state index in [1.54, 1.807) is 26.5 Å². The lowest BCUT2D eigenvalue weighted by Crippen LogP contribution is -2.06. The van der Waals surface area contributed by atoms with Gasteiger partial charge in [0.15, 0.2) is 0 Å². The van der Waals surface area contributed by atoms with Crippen molar-refractivity contribution in [2.24, 2.45) is 0 Å².